The first kappa shape index (κ1) is 13.0. The highest BCUT2D eigenvalue weighted by Crippen LogP contribution is 2.27. The van der Waals surface area contributed by atoms with Crippen LogP contribution in [0.3, 0.4) is 0 Å². The molecule has 0 saturated carbocycles. The Labute approximate surface area is 103 Å². The summed E-state index contributed by atoms with van der Waals surface area (Å²) in [4.78, 5) is 11.0. The molecular formula is C11H14BrNO3. The molecule has 88 valence electrons. The highest BCUT2D eigenvalue weighted by atomic mass is 79.9. The number of nitrogens with two attached hydrogens (primary N) is 1. The molecule has 0 saturated heterocycles. The van der Waals surface area contributed by atoms with Gasteiger partial charge in [-0.05, 0) is 40.0 Å². The molecule has 16 heavy (non-hydrogen) atoms. The maximum absolute atomic E-state index is 11.0. The zero-order chi connectivity index (χ0) is 12.1. The summed E-state index contributed by atoms with van der Waals surface area (Å²) in [6.07, 6.45) is -0.111. The standard InChI is InChI=1S/C11H14BrNO3/c1-2-9(11(13)15)16-10-4-3-7(6-14)5-8(10)12/h3-5,9,14H,2,6H2,1H3,(H2,13,15). The summed E-state index contributed by atoms with van der Waals surface area (Å²) in [5.41, 5.74) is 5.95. The van der Waals surface area contributed by atoms with Crippen LogP contribution in [0.15, 0.2) is 22.7 Å². The van der Waals surface area contributed by atoms with E-state index in [4.69, 9.17) is 15.6 Å². The van der Waals surface area contributed by atoms with Crippen molar-refractivity contribution in [3.63, 3.8) is 0 Å². The van der Waals surface area contributed by atoms with E-state index in [0.717, 1.165) is 5.56 Å². The molecule has 1 aromatic carbocycles. The van der Waals surface area contributed by atoms with Crippen LogP contribution in [0.2, 0.25) is 0 Å². The van der Waals surface area contributed by atoms with E-state index in [9.17, 15) is 4.79 Å². The number of carbonyl (C=O) groups is 1. The van der Waals surface area contributed by atoms with Crippen LogP contribution in [0, 0.1) is 0 Å². The Kier molecular flexibility index (Phi) is 4.76. The van der Waals surface area contributed by atoms with Crippen molar-refractivity contribution in [2.75, 3.05) is 0 Å². The molecule has 5 heteroatoms. The molecule has 3 N–H and O–H groups in total. The Hall–Kier alpha value is -1.07. The Bertz CT molecular complexity index is 381. The quantitative estimate of drug-likeness (QED) is 0.864. The first-order valence-electron chi connectivity index (χ1n) is 4.93. The van der Waals surface area contributed by atoms with E-state index in [1.165, 1.54) is 0 Å². The number of primary amides is 1. The summed E-state index contributed by atoms with van der Waals surface area (Å²) in [6, 6.07) is 5.16. The molecule has 0 fully saturated rings. The van der Waals surface area contributed by atoms with Gasteiger partial charge in [-0.1, -0.05) is 13.0 Å². The maximum Gasteiger partial charge on any atom is 0.258 e. The van der Waals surface area contributed by atoms with Crippen LogP contribution in [0.5, 0.6) is 5.75 Å². The monoisotopic (exact) mass is 287 g/mol. The minimum Gasteiger partial charge on any atom is -0.479 e. The number of aliphatic hydroxyl groups excluding tert-OH is 1. The van der Waals surface area contributed by atoms with Crippen molar-refractivity contribution < 1.29 is 14.6 Å². The van der Waals surface area contributed by atoms with Crippen LogP contribution in [-0.2, 0) is 11.4 Å². The third-order valence-electron chi connectivity index (χ3n) is 2.14. The minimum atomic E-state index is -0.628. The lowest BCUT2D eigenvalue weighted by Crippen LogP contribution is -2.33. The number of ether oxygens (including phenoxy) is 1. The van der Waals surface area contributed by atoms with Gasteiger partial charge in [-0.2, -0.15) is 0 Å². The van der Waals surface area contributed by atoms with Crippen molar-refractivity contribution in [1.29, 1.82) is 0 Å². The van der Waals surface area contributed by atoms with E-state index < -0.39 is 12.0 Å². The molecule has 1 aromatic rings. The number of hydrogen-bond acceptors (Lipinski definition) is 3. The van der Waals surface area contributed by atoms with Gasteiger partial charge in [0.15, 0.2) is 6.10 Å². The Morgan fingerprint density at radius 2 is 2.31 bits per heavy atom. The van der Waals surface area contributed by atoms with Gasteiger partial charge in [0.25, 0.3) is 5.91 Å². The van der Waals surface area contributed by atoms with Gasteiger partial charge >= 0.3 is 0 Å². The van der Waals surface area contributed by atoms with Gasteiger partial charge in [0.05, 0.1) is 11.1 Å². The van der Waals surface area contributed by atoms with E-state index in [2.05, 4.69) is 15.9 Å². The number of rotatable bonds is 5. The number of benzene rings is 1. The van der Waals surface area contributed by atoms with Crippen LogP contribution >= 0.6 is 15.9 Å². The van der Waals surface area contributed by atoms with Gasteiger partial charge < -0.3 is 15.6 Å². The molecule has 0 heterocycles. The Balaban J connectivity index is 2.84. The van der Waals surface area contributed by atoms with E-state index in [0.29, 0.717) is 16.6 Å². The van der Waals surface area contributed by atoms with Crippen LogP contribution in [0.25, 0.3) is 0 Å². The molecule has 0 radical (unpaired) electrons. The molecule has 1 amide bonds. The van der Waals surface area contributed by atoms with Gasteiger partial charge in [0, 0.05) is 0 Å². The number of carbonyl (C=O) groups excluding carboxylic acids is 1. The number of halogens is 1. The van der Waals surface area contributed by atoms with Gasteiger partial charge in [-0.25, -0.2) is 0 Å². The number of aliphatic hydroxyl groups is 1. The second-order valence-corrected chi connectivity index (χ2v) is 4.19. The fraction of sp³-hybridized carbons (Fsp3) is 0.364. The Morgan fingerprint density at radius 3 is 2.75 bits per heavy atom. The van der Waals surface area contributed by atoms with Crippen molar-refractivity contribution in [2.24, 2.45) is 5.73 Å². The van der Waals surface area contributed by atoms with Gasteiger partial charge in [0.2, 0.25) is 0 Å². The normalized spacial score (nSPS) is 12.2. The Morgan fingerprint density at radius 1 is 1.62 bits per heavy atom. The molecule has 0 aromatic heterocycles. The molecule has 4 nitrogen and oxygen atoms in total. The third-order valence-corrected chi connectivity index (χ3v) is 2.76. The summed E-state index contributed by atoms with van der Waals surface area (Å²) >= 11 is 3.31. The van der Waals surface area contributed by atoms with Crippen molar-refractivity contribution >= 4 is 21.8 Å². The summed E-state index contributed by atoms with van der Waals surface area (Å²) in [7, 11) is 0. The van der Waals surface area contributed by atoms with E-state index in [-0.39, 0.29) is 6.61 Å². The first-order valence-corrected chi connectivity index (χ1v) is 5.73. The van der Waals surface area contributed by atoms with Crippen LogP contribution < -0.4 is 10.5 Å². The van der Waals surface area contributed by atoms with Crippen LogP contribution in [0.1, 0.15) is 18.9 Å². The van der Waals surface area contributed by atoms with Crippen LogP contribution in [-0.4, -0.2) is 17.1 Å². The zero-order valence-electron chi connectivity index (χ0n) is 8.94. The van der Waals surface area contributed by atoms with Gasteiger partial charge in [-0.15, -0.1) is 0 Å². The van der Waals surface area contributed by atoms with Crippen molar-refractivity contribution in [3.8, 4) is 5.75 Å². The average molecular weight is 288 g/mol. The first-order chi connectivity index (χ1) is 7.58. The summed E-state index contributed by atoms with van der Waals surface area (Å²) in [5.74, 6) is 0.0588. The highest BCUT2D eigenvalue weighted by molar-refractivity contribution is 9.10. The molecular weight excluding hydrogens is 274 g/mol. The molecule has 1 rings (SSSR count). The topological polar surface area (TPSA) is 72.6 Å². The van der Waals surface area contributed by atoms with Crippen molar-refractivity contribution in [1.82, 2.24) is 0 Å². The lowest BCUT2D eigenvalue weighted by molar-refractivity contribution is -0.124. The molecule has 0 aliphatic heterocycles. The van der Waals surface area contributed by atoms with Crippen molar-refractivity contribution in [3.05, 3.63) is 28.2 Å². The third kappa shape index (κ3) is 3.21. The van der Waals surface area contributed by atoms with E-state index >= 15 is 0 Å². The fourth-order valence-corrected chi connectivity index (χ4v) is 1.75. The zero-order valence-corrected chi connectivity index (χ0v) is 10.5. The molecule has 0 spiro atoms. The molecule has 1 atom stereocenters. The fourth-order valence-electron chi connectivity index (χ4n) is 1.23. The predicted molar refractivity (Wildman–Crippen MR) is 64.0 cm³/mol. The lowest BCUT2D eigenvalue weighted by atomic mass is 10.2. The predicted octanol–water partition coefficient (Wildman–Crippen LogP) is 1.58. The maximum atomic E-state index is 11.0. The molecule has 1 unspecified atom stereocenters. The second kappa shape index (κ2) is 5.86. The molecule has 0 aliphatic rings. The largest absolute Gasteiger partial charge is 0.479 e. The minimum absolute atomic E-state index is 0.0358. The van der Waals surface area contributed by atoms with Crippen LogP contribution in [0.4, 0.5) is 0 Å². The van der Waals surface area contributed by atoms with Gasteiger partial charge in [-0.3, -0.25) is 4.79 Å². The number of hydrogen-bond donors (Lipinski definition) is 2. The SMILES string of the molecule is CCC(Oc1ccc(CO)cc1Br)C(N)=O. The summed E-state index contributed by atoms with van der Waals surface area (Å²) in [5, 5.41) is 8.93. The summed E-state index contributed by atoms with van der Waals surface area (Å²) in [6.45, 7) is 1.79. The lowest BCUT2D eigenvalue weighted by Gasteiger charge is -2.15. The molecule has 0 aliphatic carbocycles. The van der Waals surface area contributed by atoms with E-state index in [1.54, 1.807) is 18.2 Å². The van der Waals surface area contributed by atoms with Gasteiger partial charge in [0.1, 0.15) is 5.75 Å². The average Bonchev–Trinajstić information content (AvgIpc) is 2.26. The smallest absolute Gasteiger partial charge is 0.258 e. The van der Waals surface area contributed by atoms with Crippen molar-refractivity contribution in [2.45, 2.75) is 26.1 Å². The number of amides is 1. The molecule has 0 bridgehead atoms. The van der Waals surface area contributed by atoms with E-state index in [1.807, 2.05) is 6.92 Å². The summed E-state index contributed by atoms with van der Waals surface area (Å²) < 4.78 is 6.15. The second-order valence-electron chi connectivity index (χ2n) is 3.34. The highest BCUT2D eigenvalue weighted by Gasteiger charge is 2.15.